The van der Waals surface area contributed by atoms with Crippen LogP contribution in [0.3, 0.4) is 0 Å². The number of alkyl halides is 3. The zero-order valence-electron chi connectivity index (χ0n) is 14.5. The molecule has 1 aliphatic heterocycles. The topological polar surface area (TPSA) is 37.3 Å². The molecule has 0 amide bonds. The highest BCUT2D eigenvalue weighted by molar-refractivity contribution is 7.20. The van der Waals surface area contributed by atoms with Crippen molar-refractivity contribution in [3.8, 4) is 0 Å². The van der Waals surface area contributed by atoms with E-state index in [-0.39, 0.29) is 22.6 Å². The van der Waals surface area contributed by atoms with E-state index in [1.807, 2.05) is 31.2 Å². The predicted molar refractivity (Wildman–Crippen MR) is 103 cm³/mol. The van der Waals surface area contributed by atoms with Gasteiger partial charge in [0.1, 0.15) is 10.7 Å². The Hall–Kier alpha value is -2.12. The molecule has 1 aliphatic rings. The Kier molecular flexibility index (Phi) is 4.39. The lowest BCUT2D eigenvalue weighted by Crippen LogP contribution is -2.21. The summed E-state index contributed by atoms with van der Waals surface area (Å²) in [5.74, 6) is 0.607. The highest BCUT2D eigenvalue weighted by atomic mass is 35.5. The van der Waals surface area contributed by atoms with Gasteiger partial charge in [-0.3, -0.25) is 4.99 Å². The fourth-order valence-corrected chi connectivity index (χ4v) is 4.62. The molecule has 1 N–H and O–H groups in total. The highest BCUT2D eigenvalue weighted by Crippen LogP contribution is 2.46. The van der Waals surface area contributed by atoms with E-state index >= 15 is 0 Å². The smallest absolute Gasteiger partial charge is 0.365 e. The lowest BCUT2D eigenvalue weighted by molar-refractivity contribution is -0.136. The van der Waals surface area contributed by atoms with Gasteiger partial charge in [-0.25, -0.2) is 4.98 Å². The Labute approximate surface area is 162 Å². The number of aromatic nitrogens is 1. The molecule has 0 aliphatic carbocycles. The number of nitrogens with zero attached hydrogens (tertiary/aromatic N) is 2. The fraction of sp³-hybridized carbons (Fsp3) is 0.263. The second kappa shape index (κ2) is 6.49. The van der Waals surface area contributed by atoms with E-state index in [9.17, 15) is 13.2 Å². The highest BCUT2D eigenvalue weighted by Gasteiger charge is 2.39. The summed E-state index contributed by atoms with van der Waals surface area (Å²) in [7, 11) is 0. The van der Waals surface area contributed by atoms with Crippen molar-refractivity contribution in [1.29, 1.82) is 0 Å². The van der Waals surface area contributed by atoms with Crippen molar-refractivity contribution < 1.29 is 13.2 Å². The first-order chi connectivity index (χ1) is 12.8. The Morgan fingerprint density at radius 3 is 2.56 bits per heavy atom. The van der Waals surface area contributed by atoms with Crippen molar-refractivity contribution in [2.24, 2.45) is 4.99 Å². The average molecular weight is 410 g/mol. The molecular formula is C19H15ClF3N3S. The third-order valence-corrected chi connectivity index (χ3v) is 6.11. The molecule has 27 heavy (non-hydrogen) atoms. The van der Waals surface area contributed by atoms with Gasteiger partial charge in [0.25, 0.3) is 0 Å². The predicted octanol–water partition coefficient (Wildman–Crippen LogP) is 5.64. The van der Waals surface area contributed by atoms with Crippen LogP contribution in [0, 0.1) is 13.8 Å². The summed E-state index contributed by atoms with van der Waals surface area (Å²) >= 11 is 7.20. The number of hydrogen-bond donors (Lipinski definition) is 1. The molecule has 2 aromatic heterocycles. The van der Waals surface area contributed by atoms with Crippen LogP contribution in [-0.2, 0) is 19.3 Å². The lowest BCUT2D eigenvalue weighted by atomic mass is 10.1. The van der Waals surface area contributed by atoms with Gasteiger partial charge in [-0.15, -0.1) is 11.3 Å². The molecule has 0 atom stereocenters. The summed E-state index contributed by atoms with van der Waals surface area (Å²) in [6, 6.07) is 8.05. The summed E-state index contributed by atoms with van der Waals surface area (Å²) in [4.78, 5) is 9.73. The molecule has 8 heteroatoms. The Morgan fingerprint density at radius 2 is 1.89 bits per heavy atom. The van der Waals surface area contributed by atoms with Crippen LogP contribution in [0.5, 0.6) is 0 Å². The molecule has 3 aromatic rings. The number of aliphatic imine (C=N–C) groups is 1. The van der Waals surface area contributed by atoms with Crippen LogP contribution in [0.2, 0.25) is 5.02 Å². The van der Waals surface area contributed by atoms with Crippen molar-refractivity contribution in [3.63, 3.8) is 0 Å². The minimum absolute atomic E-state index is 0.0778. The second-order valence-corrected chi connectivity index (χ2v) is 7.85. The summed E-state index contributed by atoms with van der Waals surface area (Å²) in [6.45, 7) is 4.24. The molecule has 4 rings (SSSR count). The van der Waals surface area contributed by atoms with Crippen LogP contribution in [0.4, 0.5) is 13.2 Å². The number of halogens is 4. The molecule has 0 spiro atoms. The van der Waals surface area contributed by atoms with Crippen LogP contribution in [0.25, 0.3) is 10.2 Å². The minimum atomic E-state index is -4.55. The van der Waals surface area contributed by atoms with Crippen LogP contribution in [0.1, 0.15) is 32.8 Å². The number of hydrogen-bond acceptors (Lipinski definition) is 4. The lowest BCUT2D eigenvalue weighted by Gasteiger charge is -2.12. The molecule has 1 aromatic carbocycles. The van der Waals surface area contributed by atoms with E-state index in [4.69, 9.17) is 11.6 Å². The van der Waals surface area contributed by atoms with Gasteiger partial charge in [0.15, 0.2) is 0 Å². The SMILES string of the molecule is Cc1ccc(CNC2=NCc3c2sc2nc(C)c(Cl)c(C(F)(F)F)c32)cc1. The van der Waals surface area contributed by atoms with E-state index in [1.54, 1.807) is 0 Å². The van der Waals surface area contributed by atoms with Crippen molar-refractivity contribution in [2.45, 2.75) is 33.1 Å². The van der Waals surface area contributed by atoms with Gasteiger partial charge >= 0.3 is 6.18 Å². The first-order valence-electron chi connectivity index (χ1n) is 8.28. The molecule has 0 bridgehead atoms. The first-order valence-corrected chi connectivity index (χ1v) is 9.48. The number of fused-ring (bicyclic) bond motifs is 3. The standard InChI is InChI=1S/C19H15ClF3N3S/c1-9-3-5-11(6-4-9)7-24-17-16-12(8-25-17)13-14(19(21,22)23)15(20)10(2)26-18(13)27-16/h3-6H,7-8H2,1-2H3,(H,24,25). The largest absolute Gasteiger partial charge is 0.418 e. The van der Waals surface area contributed by atoms with E-state index in [0.29, 0.717) is 27.7 Å². The Bertz CT molecular complexity index is 1070. The van der Waals surface area contributed by atoms with Gasteiger partial charge in [-0.2, -0.15) is 13.2 Å². The van der Waals surface area contributed by atoms with Gasteiger partial charge in [-0.05, 0) is 19.4 Å². The van der Waals surface area contributed by atoms with Crippen LogP contribution >= 0.6 is 22.9 Å². The molecule has 140 valence electrons. The number of amidine groups is 1. The Balaban J connectivity index is 1.72. The summed E-state index contributed by atoms with van der Waals surface area (Å²) in [6.07, 6.45) is -4.55. The molecule has 3 heterocycles. The quantitative estimate of drug-likeness (QED) is 0.595. The number of benzene rings is 1. The van der Waals surface area contributed by atoms with Crippen LogP contribution in [-0.4, -0.2) is 10.8 Å². The average Bonchev–Trinajstić information content (AvgIpc) is 3.13. The van der Waals surface area contributed by atoms with Crippen LogP contribution in [0.15, 0.2) is 29.3 Å². The zero-order valence-corrected chi connectivity index (χ0v) is 16.1. The third-order valence-electron chi connectivity index (χ3n) is 4.52. The molecule has 3 nitrogen and oxygen atoms in total. The number of pyridine rings is 1. The maximum atomic E-state index is 13.6. The minimum Gasteiger partial charge on any atom is -0.365 e. The van der Waals surface area contributed by atoms with E-state index < -0.39 is 11.7 Å². The molecule has 0 saturated carbocycles. The van der Waals surface area contributed by atoms with Gasteiger partial charge in [0.05, 0.1) is 27.7 Å². The summed E-state index contributed by atoms with van der Waals surface area (Å²) in [5, 5.41) is 2.98. The van der Waals surface area contributed by atoms with Crippen molar-refractivity contribution in [1.82, 2.24) is 10.3 Å². The van der Waals surface area contributed by atoms with Gasteiger partial charge in [0.2, 0.25) is 0 Å². The summed E-state index contributed by atoms with van der Waals surface area (Å²) < 4.78 is 40.9. The van der Waals surface area contributed by atoms with Crippen molar-refractivity contribution >= 4 is 39.0 Å². The fourth-order valence-electron chi connectivity index (χ4n) is 3.15. The maximum Gasteiger partial charge on any atom is 0.418 e. The van der Waals surface area contributed by atoms with Crippen molar-refractivity contribution in [2.75, 3.05) is 0 Å². The maximum absolute atomic E-state index is 13.6. The molecule has 0 saturated heterocycles. The number of rotatable bonds is 2. The third kappa shape index (κ3) is 3.19. The van der Waals surface area contributed by atoms with Gasteiger partial charge in [-0.1, -0.05) is 41.4 Å². The normalized spacial score (nSPS) is 13.8. The molecule has 0 radical (unpaired) electrons. The number of nitrogens with one attached hydrogen (secondary N) is 1. The monoisotopic (exact) mass is 409 g/mol. The summed E-state index contributed by atoms with van der Waals surface area (Å²) in [5.41, 5.74) is 2.16. The van der Waals surface area contributed by atoms with E-state index in [1.165, 1.54) is 23.8 Å². The van der Waals surface area contributed by atoms with Gasteiger partial charge < -0.3 is 5.32 Å². The molecular weight excluding hydrogens is 395 g/mol. The van der Waals surface area contributed by atoms with E-state index in [0.717, 1.165) is 5.56 Å². The molecule has 0 fully saturated rings. The zero-order chi connectivity index (χ0) is 19.3. The van der Waals surface area contributed by atoms with E-state index in [2.05, 4.69) is 15.3 Å². The number of aryl methyl sites for hydroxylation is 2. The number of thiophene rings is 1. The molecule has 0 unspecified atom stereocenters. The second-order valence-electron chi connectivity index (χ2n) is 6.48. The van der Waals surface area contributed by atoms with Crippen LogP contribution < -0.4 is 5.32 Å². The van der Waals surface area contributed by atoms with Crippen molar-refractivity contribution in [3.05, 3.63) is 62.1 Å². The first kappa shape index (κ1) is 18.3. The van der Waals surface area contributed by atoms with Gasteiger partial charge in [0, 0.05) is 17.5 Å². The Morgan fingerprint density at radius 1 is 1.19 bits per heavy atom.